The number of nitrogens with zero attached hydrogens (tertiary/aromatic N) is 1. The molecular formula is C11H16LiN. The van der Waals surface area contributed by atoms with Gasteiger partial charge in [-0.15, -0.1) is 6.58 Å². The number of rotatable bonds is 4. The molecule has 0 N–H and O–H groups in total. The van der Waals surface area contributed by atoms with Gasteiger partial charge >= 0.3 is 18.9 Å². The summed E-state index contributed by atoms with van der Waals surface area (Å²) in [5.41, 5.74) is 1.26. The predicted molar refractivity (Wildman–Crippen MR) is 61.7 cm³/mol. The third kappa shape index (κ3) is 3.72. The van der Waals surface area contributed by atoms with E-state index in [0.29, 0.717) is 0 Å². The first-order valence-electron chi connectivity index (χ1n) is 4.29. The Hall–Kier alpha value is -0.643. The van der Waals surface area contributed by atoms with Crippen molar-refractivity contribution in [1.82, 2.24) is 0 Å². The average Bonchev–Trinajstić information content (AvgIpc) is 2.15. The van der Waals surface area contributed by atoms with Crippen molar-refractivity contribution in [2.45, 2.75) is 6.92 Å². The first-order valence-corrected chi connectivity index (χ1v) is 4.29. The third-order valence-corrected chi connectivity index (χ3v) is 1.85. The molecule has 0 radical (unpaired) electrons. The summed E-state index contributed by atoms with van der Waals surface area (Å²) in [6.45, 7) is 7.82. The van der Waals surface area contributed by atoms with E-state index in [4.69, 9.17) is 0 Å². The van der Waals surface area contributed by atoms with E-state index >= 15 is 0 Å². The van der Waals surface area contributed by atoms with Crippen LogP contribution in [0.5, 0.6) is 0 Å². The molecule has 2 heteroatoms. The minimum absolute atomic E-state index is 0. The molecule has 13 heavy (non-hydrogen) atoms. The zero-order valence-corrected chi connectivity index (χ0v) is 7.53. The Labute approximate surface area is 92.6 Å². The number of para-hydroxylation sites is 1. The van der Waals surface area contributed by atoms with E-state index in [-0.39, 0.29) is 18.9 Å². The minimum atomic E-state index is 0. The molecule has 0 saturated heterocycles. The van der Waals surface area contributed by atoms with E-state index in [1.54, 1.807) is 0 Å². The zero-order chi connectivity index (χ0) is 8.81. The first kappa shape index (κ1) is 12.4. The second kappa shape index (κ2) is 6.83. The SMILES string of the molecule is C=CCN(CC)c1ccccc1.[LiH]. The van der Waals surface area contributed by atoms with Gasteiger partial charge < -0.3 is 4.90 Å². The molecule has 66 valence electrons. The van der Waals surface area contributed by atoms with Crippen LogP contribution in [0.1, 0.15) is 6.92 Å². The van der Waals surface area contributed by atoms with Crippen LogP contribution in [-0.2, 0) is 0 Å². The molecule has 0 atom stereocenters. The van der Waals surface area contributed by atoms with Crippen molar-refractivity contribution in [3.63, 3.8) is 0 Å². The van der Waals surface area contributed by atoms with Crippen molar-refractivity contribution in [3.8, 4) is 0 Å². The normalized spacial score (nSPS) is 8.69. The third-order valence-electron chi connectivity index (χ3n) is 1.85. The van der Waals surface area contributed by atoms with E-state index < -0.39 is 0 Å². The summed E-state index contributed by atoms with van der Waals surface area (Å²) in [4.78, 5) is 2.27. The summed E-state index contributed by atoms with van der Waals surface area (Å²) in [7, 11) is 0. The summed E-state index contributed by atoms with van der Waals surface area (Å²) < 4.78 is 0. The van der Waals surface area contributed by atoms with Crippen LogP contribution in [-0.4, -0.2) is 32.0 Å². The van der Waals surface area contributed by atoms with Crippen molar-refractivity contribution in [2.24, 2.45) is 0 Å². The molecule has 1 aromatic carbocycles. The van der Waals surface area contributed by atoms with Gasteiger partial charge in [-0.3, -0.25) is 0 Å². The monoisotopic (exact) mass is 169 g/mol. The molecule has 0 aromatic heterocycles. The quantitative estimate of drug-likeness (QED) is 0.492. The Morgan fingerprint density at radius 2 is 1.92 bits per heavy atom. The fraction of sp³-hybridized carbons (Fsp3) is 0.273. The topological polar surface area (TPSA) is 3.24 Å². The van der Waals surface area contributed by atoms with Crippen LogP contribution in [0.3, 0.4) is 0 Å². The van der Waals surface area contributed by atoms with E-state index in [0.717, 1.165) is 13.1 Å². The van der Waals surface area contributed by atoms with Crippen LogP contribution in [0.2, 0.25) is 0 Å². The van der Waals surface area contributed by atoms with Gasteiger partial charge in [0.05, 0.1) is 0 Å². The van der Waals surface area contributed by atoms with Gasteiger partial charge in [0.25, 0.3) is 0 Å². The summed E-state index contributed by atoms with van der Waals surface area (Å²) in [6, 6.07) is 10.4. The standard InChI is InChI=1S/C11H15N.Li.H/c1-3-10-12(4-2)11-8-6-5-7-9-11;;/h3,5-9H,1,4,10H2,2H3;;. The molecule has 0 bridgehead atoms. The number of anilines is 1. The maximum absolute atomic E-state index is 3.73. The number of likely N-dealkylation sites (N-methyl/N-ethyl adjacent to an activating group) is 1. The van der Waals surface area contributed by atoms with E-state index in [1.807, 2.05) is 12.1 Å². The number of hydrogen-bond acceptors (Lipinski definition) is 1. The maximum atomic E-state index is 3.73. The van der Waals surface area contributed by atoms with Gasteiger partial charge in [0, 0.05) is 18.8 Å². The van der Waals surface area contributed by atoms with E-state index in [9.17, 15) is 0 Å². The summed E-state index contributed by atoms with van der Waals surface area (Å²) in [6.07, 6.45) is 1.93. The molecule has 1 nitrogen and oxygen atoms in total. The van der Waals surface area contributed by atoms with Crippen LogP contribution in [0.15, 0.2) is 43.0 Å². The fourth-order valence-corrected chi connectivity index (χ4v) is 1.21. The van der Waals surface area contributed by atoms with Gasteiger partial charge in [-0.2, -0.15) is 0 Å². The van der Waals surface area contributed by atoms with Crippen LogP contribution in [0.25, 0.3) is 0 Å². The Morgan fingerprint density at radius 1 is 1.31 bits per heavy atom. The second-order valence-electron chi connectivity index (χ2n) is 2.66. The molecule has 0 aliphatic carbocycles. The zero-order valence-electron chi connectivity index (χ0n) is 7.53. The molecule has 1 rings (SSSR count). The summed E-state index contributed by atoms with van der Waals surface area (Å²) in [5.74, 6) is 0. The molecule has 0 saturated carbocycles. The van der Waals surface area contributed by atoms with Gasteiger partial charge in [0.1, 0.15) is 0 Å². The summed E-state index contributed by atoms with van der Waals surface area (Å²) >= 11 is 0. The van der Waals surface area contributed by atoms with Gasteiger partial charge in [0.15, 0.2) is 0 Å². The second-order valence-corrected chi connectivity index (χ2v) is 2.66. The van der Waals surface area contributed by atoms with Crippen molar-refractivity contribution >= 4 is 24.5 Å². The molecule has 0 unspecified atom stereocenters. The van der Waals surface area contributed by atoms with Crippen molar-refractivity contribution in [3.05, 3.63) is 43.0 Å². The van der Waals surface area contributed by atoms with Crippen LogP contribution < -0.4 is 4.90 Å². The van der Waals surface area contributed by atoms with Crippen LogP contribution >= 0.6 is 0 Å². The Balaban J connectivity index is 0.00000144. The van der Waals surface area contributed by atoms with Crippen LogP contribution in [0, 0.1) is 0 Å². The van der Waals surface area contributed by atoms with Crippen molar-refractivity contribution in [2.75, 3.05) is 18.0 Å². The van der Waals surface area contributed by atoms with Gasteiger partial charge in [-0.05, 0) is 19.1 Å². The molecule has 0 fully saturated rings. The predicted octanol–water partition coefficient (Wildman–Crippen LogP) is 2.05. The van der Waals surface area contributed by atoms with E-state index in [2.05, 4.69) is 42.7 Å². The molecule has 0 aliphatic heterocycles. The number of hydrogen-bond donors (Lipinski definition) is 0. The van der Waals surface area contributed by atoms with Crippen molar-refractivity contribution < 1.29 is 0 Å². The summed E-state index contributed by atoms with van der Waals surface area (Å²) in [5, 5.41) is 0. The molecule has 0 amide bonds. The molecule has 1 aromatic rings. The Morgan fingerprint density at radius 3 is 2.38 bits per heavy atom. The molecule has 0 heterocycles. The number of benzene rings is 1. The first-order chi connectivity index (χ1) is 5.88. The van der Waals surface area contributed by atoms with Gasteiger partial charge in [-0.25, -0.2) is 0 Å². The molecule has 0 aliphatic rings. The van der Waals surface area contributed by atoms with Gasteiger partial charge in [0.2, 0.25) is 0 Å². The molecule has 0 spiro atoms. The average molecular weight is 169 g/mol. The Bertz CT molecular complexity index is 233. The van der Waals surface area contributed by atoms with Crippen LogP contribution in [0.4, 0.5) is 5.69 Å². The molecular weight excluding hydrogens is 153 g/mol. The van der Waals surface area contributed by atoms with Crippen molar-refractivity contribution in [1.29, 1.82) is 0 Å². The van der Waals surface area contributed by atoms with E-state index in [1.165, 1.54) is 5.69 Å². The Kier molecular flexibility index (Phi) is 6.49. The fourth-order valence-electron chi connectivity index (χ4n) is 1.21. The van der Waals surface area contributed by atoms with Gasteiger partial charge in [-0.1, -0.05) is 24.3 Å².